The Morgan fingerprint density at radius 3 is 2.70 bits per heavy atom. The van der Waals surface area contributed by atoms with Crippen molar-refractivity contribution in [1.29, 1.82) is 0 Å². The number of alkyl halides is 3. The molecule has 2 amide bonds. The van der Waals surface area contributed by atoms with E-state index in [-0.39, 0.29) is 23.0 Å². The Morgan fingerprint density at radius 1 is 1.16 bits per heavy atom. The Labute approximate surface area is 214 Å². The van der Waals surface area contributed by atoms with Crippen LogP contribution in [0.5, 0.6) is 0 Å². The summed E-state index contributed by atoms with van der Waals surface area (Å²) in [6.45, 7) is 9.07. The molecule has 1 aromatic carbocycles. The van der Waals surface area contributed by atoms with E-state index >= 15 is 0 Å². The quantitative estimate of drug-likeness (QED) is 0.414. The van der Waals surface area contributed by atoms with Crippen LogP contribution in [0.2, 0.25) is 0 Å². The van der Waals surface area contributed by atoms with Crippen LogP contribution in [0.1, 0.15) is 51.4 Å². The molecule has 0 bridgehead atoms. The second-order valence-corrected chi connectivity index (χ2v) is 9.76. The highest BCUT2D eigenvalue weighted by molar-refractivity contribution is 5.98. The molecular formula is C26H33F3N6O2. The third kappa shape index (κ3) is 6.31. The summed E-state index contributed by atoms with van der Waals surface area (Å²) in [6, 6.07) is 4.93. The van der Waals surface area contributed by atoms with E-state index in [9.17, 15) is 18.0 Å². The summed E-state index contributed by atoms with van der Waals surface area (Å²) in [5.41, 5.74) is 0.0263. The Bertz CT molecular complexity index is 1230. The maximum atomic E-state index is 13.4. The van der Waals surface area contributed by atoms with Crippen LogP contribution in [0.4, 0.5) is 23.8 Å². The van der Waals surface area contributed by atoms with E-state index in [1.165, 1.54) is 6.07 Å². The zero-order chi connectivity index (χ0) is 26.6. The molecule has 8 nitrogen and oxygen atoms in total. The molecule has 1 aliphatic heterocycles. The highest BCUT2D eigenvalue weighted by Gasteiger charge is 2.32. The van der Waals surface area contributed by atoms with Gasteiger partial charge in [0.05, 0.1) is 5.56 Å². The van der Waals surface area contributed by atoms with Crippen LogP contribution in [0.3, 0.4) is 0 Å². The lowest BCUT2D eigenvalue weighted by Crippen LogP contribution is -2.42. The molecule has 0 spiro atoms. The molecule has 0 aliphatic carbocycles. The van der Waals surface area contributed by atoms with Gasteiger partial charge < -0.3 is 19.6 Å². The fourth-order valence-electron chi connectivity index (χ4n) is 4.42. The second-order valence-electron chi connectivity index (χ2n) is 9.76. The van der Waals surface area contributed by atoms with Gasteiger partial charge in [0.1, 0.15) is 22.7 Å². The summed E-state index contributed by atoms with van der Waals surface area (Å²) < 4.78 is 45.7. The van der Waals surface area contributed by atoms with Gasteiger partial charge in [-0.15, -0.1) is 0 Å². The van der Waals surface area contributed by atoms with Crippen LogP contribution in [-0.2, 0) is 12.6 Å². The van der Waals surface area contributed by atoms with Crippen molar-refractivity contribution in [3.05, 3.63) is 35.7 Å². The molecule has 1 aliphatic rings. The Hall–Kier alpha value is -3.37. The van der Waals surface area contributed by atoms with E-state index in [1.54, 1.807) is 11.0 Å². The van der Waals surface area contributed by atoms with Gasteiger partial charge in [0.15, 0.2) is 0 Å². The first-order chi connectivity index (χ1) is 17.7. The summed E-state index contributed by atoms with van der Waals surface area (Å²) in [5.74, 6) is 1.45. The number of carbonyl (C=O) groups is 1. The number of anilines is 1. The minimum absolute atomic E-state index is 0.0849. The van der Waals surface area contributed by atoms with E-state index in [1.807, 2.05) is 0 Å². The number of halogens is 3. The van der Waals surface area contributed by atoms with Crippen molar-refractivity contribution >= 4 is 22.9 Å². The van der Waals surface area contributed by atoms with Gasteiger partial charge in [0, 0.05) is 44.7 Å². The number of unbranched alkanes of at least 4 members (excludes halogenated alkanes) is 1. The minimum Gasteiger partial charge on any atom is -0.354 e. The number of rotatable bonds is 7. The van der Waals surface area contributed by atoms with E-state index in [0.717, 1.165) is 31.4 Å². The first kappa shape index (κ1) is 26.7. The summed E-state index contributed by atoms with van der Waals surface area (Å²) >= 11 is 0. The van der Waals surface area contributed by atoms with Crippen molar-refractivity contribution in [2.45, 2.75) is 52.6 Å². The van der Waals surface area contributed by atoms with Crippen LogP contribution in [-0.4, -0.2) is 58.8 Å². The van der Waals surface area contributed by atoms with E-state index in [0.29, 0.717) is 62.1 Å². The first-order valence-electron chi connectivity index (χ1n) is 12.8. The lowest BCUT2D eigenvalue weighted by molar-refractivity contribution is -0.137. The molecule has 0 unspecified atom stereocenters. The Kier molecular flexibility index (Phi) is 8.19. The van der Waals surface area contributed by atoms with E-state index < -0.39 is 11.7 Å². The zero-order valence-corrected chi connectivity index (χ0v) is 21.4. The number of nitrogens with zero attached hydrogens (tertiary/aromatic N) is 5. The monoisotopic (exact) mass is 518 g/mol. The van der Waals surface area contributed by atoms with Gasteiger partial charge >= 0.3 is 12.2 Å². The maximum Gasteiger partial charge on any atom is 0.416 e. The molecule has 0 saturated carbocycles. The van der Waals surface area contributed by atoms with Crippen molar-refractivity contribution in [3.8, 4) is 11.3 Å². The molecule has 2 aromatic heterocycles. The number of nitrogens with one attached hydrogen (secondary N) is 1. The van der Waals surface area contributed by atoms with Gasteiger partial charge in [-0.3, -0.25) is 0 Å². The molecule has 0 radical (unpaired) electrons. The summed E-state index contributed by atoms with van der Waals surface area (Å²) in [5, 5.41) is 7.57. The molecule has 4 rings (SSSR count). The molecule has 3 heterocycles. The number of hydrogen-bond donors (Lipinski definition) is 1. The summed E-state index contributed by atoms with van der Waals surface area (Å²) in [4.78, 5) is 25.8. The number of aromatic nitrogens is 3. The smallest absolute Gasteiger partial charge is 0.354 e. The van der Waals surface area contributed by atoms with Crippen molar-refractivity contribution in [1.82, 2.24) is 25.3 Å². The third-order valence-electron chi connectivity index (χ3n) is 6.31. The zero-order valence-electron chi connectivity index (χ0n) is 21.4. The molecule has 1 saturated heterocycles. The Balaban J connectivity index is 1.70. The van der Waals surface area contributed by atoms with Crippen LogP contribution < -0.4 is 10.2 Å². The number of carbonyl (C=O) groups excluding carboxylic acids is 1. The highest BCUT2D eigenvalue weighted by Crippen LogP contribution is 2.37. The predicted molar refractivity (Wildman–Crippen MR) is 135 cm³/mol. The first-order valence-corrected chi connectivity index (χ1v) is 12.8. The Morgan fingerprint density at radius 2 is 1.97 bits per heavy atom. The van der Waals surface area contributed by atoms with Gasteiger partial charge in [-0.1, -0.05) is 44.5 Å². The van der Waals surface area contributed by atoms with Gasteiger partial charge in [0.25, 0.3) is 5.71 Å². The molecular weight excluding hydrogens is 485 g/mol. The molecule has 37 heavy (non-hydrogen) atoms. The topological polar surface area (TPSA) is 87.4 Å². The van der Waals surface area contributed by atoms with Gasteiger partial charge in [-0.25, -0.2) is 9.78 Å². The van der Waals surface area contributed by atoms with Gasteiger partial charge in [-0.05, 0) is 30.9 Å². The molecule has 3 aromatic rings. The third-order valence-corrected chi connectivity index (χ3v) is 6.31. The molecule has 1 N–H and O–H groups in total. The molecule has 11 heteroatoms. The SMILES string of the molecule is CCCCNC(=O)N1CCCN(c2nc(CC(C)C)nc3onc(-c4cccc(C(F)(F)F)c4)c23)CC1. The van der Waals surface area contributed by atoms with E-state index in [4.69, 9.17) is 9.51 Å². The highest BCUT2D eigenvalue weighted by atomic mass is 19.4. The van der Waals surface area contributed by atoms with Gasteiger partial charge in [-0.2, -0.15) is 18.2 Å². The predicted octanol–water partition coefficient (Wildman–Crippen LogP) is 5.52. The van der Waals surface area contributed by atoms with Gasteiger partial charge in [0.2, 0.25) is 0 Å². The second kappa shape index (κ2) is 11.4. The van der Waals surface area contributed by atoms with Crippen molar-refractivity contribution in [2.75, 3.05) is 37.6 Å². The molecule has 1 fully saturated rings. The number of amides is 2. The van der Waals surface area contributed by atoms with Crippen LogP contribution in [0.25, 0.3) is 22.4 Å². The minimum atomic E-state index is -4.48. The lowest BCUT2D eigenvalue weighted by Gasteiger charge is -2.24. The largest absolute Gasteiger partial charge is 0.416 e. The normalized spacial score (nSPS) is 14.9. The average molecular weight is 519 g/mol. The average Bonchev–Trinajstić information content (AvgIpc) is 3.11. The van der Waals surface area contributed by atoms with Crippen LogP contribution in [0, 0.1) is 5.92 Å². The van der Waals surface area contributed by atoms with Crippen LogP contribution >= 0.6 is 0 Å². The molecule has 200 valence electrons. The fraction of sp³-hybridized carbons (Fsp3) is 0.538. The van der Waals surface area contributed by atoms with Crippen LogP contribution in [0.15, 0.2) is 28.8 Å². The summed E-state index contributed by atoms with van der Waals surface area (Å²) in [7, 11) is 0. The number of hydrogen-bond acceptors (Lipinski definition) is 6. The van der Waals surface area contributed by atoms with Crippen molar-refractivity contribution < 1.29 is 22.5 Å². The number of urea groups is 1. The number of benzene rings is 1. The van der Waals surface area contributed by atoms with E-state index in [2.05, 4.69) is 41.1 Å². The lowest BCUT2D eigenvalue weighted by atomic mass is 10.1. The molecule has 0 atom stereocenters. The number of fused-ring (bicyclic) bond motifs is 1. The fourth-order valence-corrected chi connectivity index (χ4v) is 4.42. The standard InChI is InChI=1S/C26H33F3N6O2/c1-4-5-10-30-25(36)35-12-7-11-34(13-14-35)23-21-22(18-8-6-9-19(16-18)26(27,28)29)33-37-24(21)32-20(31-23)15-17(2)3/h6,8-9,16-17H,4-5,7,10-15H2,1-3H3,(H,30,36). The van der Waals surface area contributed by atoms with Crippen molar-refractivity contribution in [3.63, 3.8) is 0 Å². The maximum absolute atomic E-state index is 13.4. The summed E-state index contributed by atoms with van der Waals surface area (Å²) in [6.07, 6.45) is -1.22. The van der Waals surface area contributed by atoms with Crippen molar-refractivity contribution in [2.24, 2.45) is 5.92 Å².